The van der Waals surface area contributed by atoms with Gasteiger partial charge in [-0.15, -0.1) is 0 Å². The Labute approximate surface area is 98.5 Å². The van der Waals surface area contributed by atoms with Gasteiger partial charge in [0.2, 0.25) is 10.0 Å². The Kier molecular flexibility index (Phi) is 4.27. The second kappa shape index (κ2) is 5.48. The topological polar surface area (TPSA) is 106 Å². The Morgan fingerprint density at radius 2 is 2.29 bits per heavy atom. The molecular formula is C9H12N2O5S. The number of anilines is 1. The van der Waals surface area contributed by atoms with E-state index in [9.17, 15) is 18.3 Å². The maximum absolute atomic E-state index is 11.5. The summed E-state index contributed by atoms with van der Waals surface area (Å²) in [6.45, 7) is 0. The summed E-state index contributed by atoms with van der Waals surface area (Å²) in [4.78, 5) is 14.5. The zero-order chi connectivity index (χ0) is 12.9. The van der Waals surface area contributed by atoms with Gasteiger partial charge in [0.15, 0.2) is 11.6 Å². The maximum atomic E-state index is 11.5. The van der Waals surface area contributed by atoms with Crippen LogP contribution in [0.4, 0.5) is 5.82 Å². The second-order valence-corrected chi connectivity index (χ2v) is 4.96. The molecule has 1 rings (SSSR count). The van der Waals surface area contributed by atoms with Crippen molar-refractivity contribution in [2.75, 3.05) is 17.6 Å². The molecule has 7 nitrogen and oxygen atoms in total. The number of esters is 1. The third kappa shape index (κ3) is 4.27. The Bertz CT molecular complexity index is 500. The number of hydrogen-bond donors (Lipinski definition) is 2. The van der Waals surface area contributed by atoms with Crippen molar-refractivity contribution in [3.05, 3.63) is 18.3 Å². The highest BCUT2D eigenvalue weighted by Gasteiger charge is 2.15. The minimum atomic E-state index is -3.74. The standard InChI is InChI=1S/C9H12N2O5S/c1-16-8(13)4-6-17(14,15)11-9-7(12)3-2-5-10-9/h2-3,5,12H,4,6H2,1H3,(H,10,11). The number of rotatable bonds is 5. The van der Waals surface area contributed by atoms with Crippen molar-refractivity contribution in [3.8, 4) is 5.75 Å². The average molecular weight is 260 g/mol. The molecule has 0 saturated carbocycles. The molecule has 1 aromatic heterocycles. The Balaban J connectivity index is 2.67. The van der Waals surface area contributed by atoms with Crippen LogP contribution in [0.15, 0.2) is 18.3 Å². The molecule has 8 heteroatoms. The number of hydrogen-bond acceptors (Lipinski definition) is 6. The van der Waals surface area contributed by atoms with Crippen LogP contribution < -0.4 is 4.72 Å². The van der Waals surface area contributed by atoms with Crippen molar-refractivity contribution < 1.29 is 23.1 Å². The molecule has 0 radical (unpaired) electrons. The maximum Gasteiger partial charge on any atom is 0.306 e. The normalized spacial score (nSPS) is 10.9. The molecule has 1 heterocycles. The zero-order valence-electron chi connectivity index (χ0n) is 9.08. The van der Waals surface area contributed by atoms with Crippen LogP contribution in [0.1, 0.15) is 6.42 Å². The molecule has 94 valence electrons. The summed E-state index contributed by atoms with van der Waals surface area (Å²) in [7, 11) is -2.56. The van der Waals surface area contributed by atoms with Crippen molar-refractivity contribution in [2.24, 2.45) is 0 Å². The summed E-state index contributed by atoms with van der Waals surface area (Å²) < 4.78 is 29.4. The first-order valence-electron chi connectivity index (χ1n) is 4.66. The molecule has 2 N–H and O–H groups in total. The molecule has 1 aromatic rings. The fraction of sp³-hybridized carbons (Fsp3) is 0.333. The number of carbonyl (C=O) groups excluding carboxylic acids is 1. The number of aromatic hydroxyl groups is 1. The predicted octanol–water partition coefficient (Wildman–Crippen LogP) is 0.0920. The molecule has 0 aromatic carbocycles. The van der Waals surface area contributed by atoms with Gasteiger partial charge in [-0.3, -0.25) is 9.52 Å². The first kappa shape index (κ1) is 13.2. The van der Waals surface area contributed by atoms with E-state index in [-0.39, 0.29) is 18.0 Å². The van der Waals surface area contributed by atoms with Crippen molar-refractivity contribution in [1.29, 1.82) is 0 Å². The zero-order valence-corrected chi connectivity index (χ0v) is 9.90. The van der Waals surface area contributed by atoms with E-state index in [1.807, 2.05) is 0 Å². The lowest BCUT2D eigenvalue weighted by Crippen LogP contribution is -2.20. The van der Waals surface area contributed by atoms with Crippen molar-refractivity contribution >= 4 is 21.8 Å². The van der Waals surface area contributed by atoms with Gasteiger partial charge in [-0.25, -0.2) is 13.4 Å². The number of nitrogens with zero attached hydrogens (tertiary/aromatic N) is 1. The van der Waals surface area contributed by atoms with Crippen LogP contribution >= 0.6 is 0 Å². The lowest BCUT2D eigenvalue weighted by Gasteiger charge is -2.07. The minimum Gasteiger partial charge on any atom is -0.504 e. The highest BCUT2D eigenvalue weighted by atomic mass is 32.2. The average Bonchev–Trinajstić information content (AvgIpc) is 2.29. The van der Waals surface area contributed by atoms with Crippen LogP contribution in [0.25, 0.3) is 0 Å². The largest absolute Gasteiger partial charge is 0.504 e. The molecule has 0 spiro atoms. The fourth-order valence-corrected chi connectivity index (χ4v) is 1.98. The summed E-state index contributed by atoms with van der Waals surface area (Å²) in [6, 6.07) is 2.76. The van der Waals surface area contributed by atoms with Gasteiger partial charge >= 0.3 is 5.97 Å². The van der Waals surface area contributed by atoms with Crippen molar-refractivity contribution in [2.45, 2.75) is 6.42 Å². The van der Waals surface area contributed by atoms with Crippen LogP contribution in [0, 0.1) is 0 Å². The van der Waals surface area contributed by atoms with Crippen molar-refractivity contribution in [3.63, 3.8) is 0 Å². The second-order valence-electron chi connectivity index (χ2n) is 3.12. The number of aromatic nitrogens is 1. The molecule has 0 aliphatic heterocycles. The molecule has 0 unspecified atom stereocenters. The number of ether oxygens (including phenoxy) is 1. The summed E-state index contributed by atoms with van der Waals surface area (Å²) >= 11 is 0. The van der Waals surface area contributed by atoms with E-state index in [1.54, 1.807) is 0 Å². The number of methoxy groups -OCH3 is 1. The van der Waals surface area contributed by atoms with Gasteiger partial charge in [-0.05, 0) is 12.1 Å². The van der Waals surface area contributed by atoms with Crippen LogP contribution in [-0.4, -0.2) is 37.3 Å². The lowest BCUT2D eigenvalue weighted by atomic mass is 10.4. The third-order valence-corrected chi connectivity index (χ3v) is 3.09. The van der Waals surface area contributed by atoms with E-state index < -0.39 is 21.7 Å². The van der Waals surface area contributed by atoms with Crippen LogP contribution in [0.2, 0.25) is 0 Å². The number of sulfonamides is 1. The van der Waals surface area contributed by atoms with Gasteiger partial charge in [-0.1, -0.05) is 0 Å². The molecule has 0 fully saturated rings. The van der Waals surface area contributed by atoms with E-state index in [4.69, 9.17) is 0 Å². The first-order chi connectivity index (χ1) is 7.94. The van der Waals surface area contributed by atoms with Gasteiger partial charge in [0.25, 0.3) is 0 Å². The monoisotopic (exact) mass is 260 g/mol. The summed E-state index contributed by atoms with van der Waals surface area (Å²) in [5.74, 6) is -1.51. The third-order valence-electron chi connectivity index (χ3n) is 1.84. The van der Waals surface area contributed by atoms with Gasteiger partial charge in [0, 0.05) is 6.20 Å². The van der Waals surface area contributed by atoms with E-state index >= 15 is 0 Å². The Hall–Kier alpha value is -1.83. The molecule has 0 saturated heterocycles. The minimum absolute atomic E-state index is 0.169. The van der Waals surface area contributed by atoms with Gasteiger partial charge in [-0.2, -0.15) is 0 Å². The Morgan fingerprint density at radius 1 is 1.59 bits per heavy atom. The summed E-state index contributed by atoms with van der Waals surface area (Å²) in [5.41, 5.74) is 0. The van der Waals surface area contributed by atoms with Crippen molar-refractivity contribution in [1.82, 2.24) is 4.98 Å². The summed E-state index contributed by atoms with van der Waals surface area (Å²) in [6.07, 6.45) is 1.07. The molecule has 0 bridgehead atoms. The lowest BCUT2D eigenvalue weighted by molar-refractivity contribution is -0.140. The summed E-state index contributed by atoms with van der Waals surface area (Å²) in [5, 5.41) is 9.32. The number of nitrogens with one attached hydrogen (secondary N) is 1. The molecule has 0 atom stereocenters. The SMILES string of the molecule is COC(=O)CCS(=O)(=O)Nc1ncccc1O. The molecule has 0 aliphatic carbocycles. The van der Waals surface area contributed by atoms with Gasteiger partial charge in [0.05, 0.1) is 19.3 Å². The van der Waals surface area contributed by atoms with Gasteiger partial charge in [0.1, 0.15) is 0 Å². The smallest absolute Gasteiger partial charge is 0.306 e. The van der Waals surface area contributed by atoms with E-state index in [2.05, 4.69) is 14.4 Å². The Morgan fingerprint density at radius 3 is 2.88 bits per heavy atom. The molecule has 0 aliphatic rings. The molecule has 17 heavy (non-hydrogen) atoms. The fourth-order valence-electron chi connectivity index (χ4n) is 0.994. The number of carbonyl (C=O) groups is 1. The van der Waals surface area contributed by atoms with Crippen LogP contribution in [0.5, 0.6) is 5.75 Å². The van der Waals surface area contributed by atoms with Crippen LogP contribution in [0.3, 0.4) is 0 Å². The molecular weight excluding hydrogens is 248 g/mol. The van der Waals surface area contributed by atoms with E-state index in [0.717, 1.165) is 0 Å². The van der Waals surface area contributed by atoms with Gasteiger partial charge < -0.3 is 9.84 Å². The highest BCUT2D eigenvalue weighted by Crippen LogP contribution is 2.19. The molecule has 0 amide bonds. The van der Waals surface area contributed by atoms with E-state index in [0.29, 0.717) is 0 Å². The van der Waals surface area contributed by atoms with E-state index in [1.165, 1.54) is 25.4 Å². The predicted molar refractivity (Wildman–Crippen MR) is 59.9 cm³/mol. The quantitative estimate of drug-likeness (QED) is 0.727. The highest BCUT2D eigenvalue weighted by molar-refractivity contribution is 7.92. The number of pyridine rings is 1. The van der Waals surface area contributed by atoms with Crippen LogP contribution in [-0.2, 0) is 19.6 Å². The first-order valence-corrected chi connectivity index (χ1v) is 6.31.